The zero-order valence-electron chi connectivity index (χ0n) is 18.0. The van der Waals surface area contributed by atoms with Crippen LogP contribution in [0.5, 0.6) is 5.75 Å². The summed E-state index contributed by atoms with van der Waals surface area (Å²) in [5.41, 5.74) is 5.50. The van der Waals surface area contributed by atoms with Crippen LogP contribution in [-0.2, 0) is 25.1 Å². The lowest BCUT2D eigenvalue weighted by Gasteiger charge is -2.13. The highest BCUT2D eigenvalue weighted by molar-refractivity contribution is 7.09. The van der Waals surface area contributed by atoms with Crippen LogP contribution >= 0.6 is 11.3 Å². The van der Waals surface area contributed by atoms with E-state index in [2.05, 4.69) is 61.6 Å². The third kappa shape index (κ3) is 4.89. The molecular formula is C24H28N4OS. The lowest BCUT2D eigenvalue weighted by Crippen LogP contribution is -2.14. The molecule has 1 N–H and O–H groups in total. The van der Waals surface area contributed by atoms with E-state index in [-0.39, 0.29) is 5.41 Å². The molecule has 4 aromatic rings. The molecule has 0 saturated heterocycles. The quantitative estimate of drug-likeness (QED) is 0.443. The number of fused-ring (bicyclic) bond motifs is 1. The normalized spacial score (nSPS) is 11.9. The van der Waals surface area contributed by atoms with Crippen LogP contribution in [0.2, 0.25) is 0 Å². The van der Waals surface area contributed by atoms with Gasteiger partial charge in [0.15, 0.2) is 0 Å². The monoisotopic (exact) mass is 420 g/mol. The molecule has 156 valence electrons. The number of nitrogens with one attached hydrogen (secondary N) is 1. The molecule has 0 aliphatic rings. The molecule has 3 heterocycles. The number of thiazole rings is 1. The van der Waals surface area contributed by atoms with Gasteiger partial charge in [-0.3, -0.25) is 0 Å². The summed E-state index contributed by atoms with van der Waals surface area (Å²) >= 11 is 1.74. The van der Waals surface area contributed by atoms with Gasteiger partial charge < -0.3 is 14.5 Å². The summed E-state index contributed by atoms with van der Waals surface area (Å²) in [6, 6.07) is 12.3. The number of aromatic nitrogens is 3. The van der Waals surface area contributed by atoms with Gasteiger partial charge in [-0.1, -0.05) is 39.0 Å². The molecule has 1 aromatic carbocycles. The molecular weight excluding hydrogens is 392 g/mol. The van der Waals surface area contributed by atoms with Crippen molar-refractivity contribution in [3.63, 3.8) is 0 Å². The Hall–Kier alpha value is -2.70. The largest absolute Gasteiger partial charge is 0.487 e. The Kier molecular flexibility index (Phi) is 5.88. The van der Waals surface area contributed by atoms with Gasteiger partial charge in [-0.05, 0) is 36.2 Å². The Morgan fingerprint density at radius 1 is 1.03 bits per heavy atom. The number of aryl methyl sites for hydroxylation is 1. The molecule has 3 aromatic heterocycles. The van der Waals surface area contributed by atoms with E-state index in [1.54, 1.807) is 11.3 Å². The summed E-state index contributed by atoms with van der Waals surface area (Å²) in [6.45, 7) is 10.7. The molecule has 0 aliphatic heterocycles. The second kappa shape index (κ2) is 8.58. The second-order valence-corrected chi connectivity index (χ2v) is 9.44. The van der Waals surface area contributed by atoms with Crippen molar-refractivity contribution in [1.82, 2.24) is 19.7 Å². The van der Waals surface area contributed by atoms with Crippen molar-refractivity contribution in [3.8, 4) is 5.75 Å². The molecule has 0 bridgehead atoms. The third-order valence-electron chi connectivity index (χ3n) is 4.87. The van der Waals surface area contributed by atoms with Crippen molar-refractivity contribution in [2.24, 2.45) is 0 Å². The van der Waals surface area contributed by atoms with Gasteiger partial charge in [0, 0.05) is 36.3 Å². The molecule has 0 amide bonds. The van der Waals surface area contributed by atoms with E-state index < -0.39 is 0 Å². The van der Waals surface area contributed by atoms with Gasteiger partial charge in [0.2, 0.25) is 0 Å². The standard InChI is InChI=1S/C24H28N4OS/c1-17-6-5-11-28-14-20(26-22(17)28)15-29-21-9-7-18(8-10-21)12-25-13-19-16-30-23(27-19)24(2,3)4/h5-11,14,16,25H,12-13,15H2,1-4H3. The topological polar surface area (TPSA) is 51.5 Å². The van der Waals surface area contributed by atoms with Gasteiger partial charge in [-0.25, -0.2) is 9.97 Å². The van der Waals surface area contributed by atoms with Crippen LogP contribution in [0.4, 0.5) is 0 Å². The number of hydrogen-bond acceptors (Lipinski definition) is 5. The smallest absolute Gasteiger partial charge is 0.140 e. The summed E-state index contributed by atoms with van der Waals surface area (Å²) in [7, 11) is 0. The third-order valence-corrected chi connectivity index (χ3v) is 6.18. The molecule has 0 radical (unpaired) electrons. The molecule has 30 heavy (non-hydrogen) atoms. The van der Waals surface area contributed by atoms with Gasteiger partial charge in [-0.15, -0.1) is 11.3 Å². The van der Waals surface area contributed by atoms with Gasteiger partial charge in [0.05, 0.1) is 16.4 Å². The first-order valence-corrected chi connectivity index (χ1v) is 11.1. The van der Waals surface area contributed by atoms with E-state index in [1.165, 1.54) is 10.6 Å². The van der Waals surface area contributed by atoms with Crippen molar-refractivity contribution in [3.05, 3.63) is 81.7 Å². The van der Waals surface area contributed by atoms with E-state index in [4.69, 9.17) is 9.72 Å². The molecule has 0 saturated carbocycles. The minimum Gasteiger partial charge on any atom is -0.487 e. The van der Waals surface area contributed by atoms with E-state index in [0.29, 0.717) is 6.61 Å². The van der Waals surface area contributed by atoms with Gasteiger partial charge in [0.1, 0.15) is 18.0 Å². The SMILES string of the molecule is Cc1cccn2cc(COc3ccc(CNCc4csc(C(C)(C)C)n4)cc3)nc12. The van der Waals surface area contributed by atoms with Crippen LogP contribution < -0.4 is 10.1 Å². The number of nitrogens with zero attached hydrogens (tertiary/aromatic N) is 3. The second-order valence-electron chi connectivity index (χ2n) is 8.58. The fourth-order valence-electron chi connectivity index (χ4n) is 3.20. The van der Waals surface area contributed by atoms with Crippen LogP contribution in [-0.4, -0.2) is 14.4 Å². The Morgan fingerprint density at radius 2 is 1.83 bits per heavy atom. The van der Waals surface area contributed by atoms with Crippen molar-refractivity contribution < 1.29 is 4.74 Å². The molecule has 0 aliphatic carbocycles. The molecule has 0 spiro atoms. The number of pyridine rings is 1. The first-order valence-electron chi connectivity index (χ1n) is 10.2. The fraction of sp³-hybridized carbons (Fsp3) is 0.333. The first kappa shape index (κ1) is 20.6. The van der Waals surface area contributed by atoms with Crippen molar-refractivity contribution >= 4 is 17.0 Å². The molecule has 6 heteroatoms. The summed E-state index contributed by atoms with van der Waals surface area (Å²) < 4.78 is 7.96. The Balaban J connectivity index is 1.27. The van der Waals surface area contributed by atoms with Crippen LogP contribution in [0.3, 0.4) is 0 Å². The zero-order chi connectivity index (χ0) is 21.1. The maximum atomic E-state index is 5.92. The number of imidazole rings is 1. The van der Waals surface area contributed by atoms with Crippen molar-refractivity contribution in [2.45, 2.75) is 52.8 Å². The Bertz CT molecular complexity index is 1120. The predicted molar refractivity (Wildman–Crippen MR) is 122 cm³/mol. The van der Waals surface area contributed by atoms with Gasteiger partial charge >= 0.3 is 0 Å². The zero-order valence-corrected chi connectivity index (χ0v) is 18.8. The summed E-state index contributed by atoms with van der Waals surface area (Å²) in [5, 5.41) is 6.80. The molecule has 4 rings (SSSR count). The number of ether oxygens (including phenoxy) is 1. The van der Waals surface area contributed by atoms with Crippen LogP contribution in [0.1, 0.15) is 48.3 Å². The van der Waals surface area contributed by atoms with Crippen LogP contribution in [0, 0.1) is 6.92 Å². The lowest BCUT2D eigenvalue weighted by atomic mass is 9.98. The average molecular weight is 421 g/mol. The minimum atomic E-state index is 0.112. The summed E-state index contributed by atoms with van der Waals surface area (Å²) in [5.74, 6) is 0.849. The van der Waals surface area contributed by atoms with E-state index in [9.17, 15) is 0 Å². The molecule has 0 atom stereocenters. The maximum absolute atomic E-state index is 5.92. The molecule has 0 fully saturated rings. The minimum absolute atomic E-state index is 0.112. The van der Waals surface area contributed by atoms with Crippen LogP contribution in [0.15, 0.2) is 54.2 Å². The van der Waals surface area contributed by atoms with Gasteiger partial charge in [-0.2, -0.15) is 0 Å². The van der Waals surface area contributed by atoms with Crippen molar-refractivity contribution in [2.75, 3.05) is 0 Å². The highest BCUT2D eigenvalue weighted by Crippen LogP contribution is 2.25. The summed E-state index contributed by atoms with van der Waals surface area (Å²) in [6.07, 6.45) is 4.03. The molecule has 0 unspecified atom stereocenters. The highest BCUT2D eigenvalue weighted by atomic mass is 32.1. The number of benzene rings is 1. The highest BCUT2D eigenvalue weighted by Gasteiger charge is 2.17. The lowest BCUT2D eigenvalue weighted by molar-refractivity contribution is 0.302. The maximum Gasteiger partial charge on any atom is 0.140 e. The van der Waals surface area contributed by atoms with E-state index in [1.807, 2.05) is 35.0 Å². The molecule has 5 nitrogen and oxygen atoms in total. The fourth-order valence-corrected chi connectivity index (χ4v) is 4.11. The van der Waals surface area contributed by atoms with Gasteiger partial charge in [0.25, 0.3) is 0 Å². The predicted octanol–water partition coefficient (Wildman–Crippen LogP) is 5.27. The number of hydrogen-bond donors (Lipinski definition) is 1. The number of rotatable bonds is 7. The van der Waals surface area contributed by atoms with Crippen molar-refractivity contribution in [1.29, 1.82) is 0 Å². The Morgan fingerprint density at radius 3 is 2.53 bits per heavy atom. The Labute approximate surface area is 181 Å². The summed E-state index contributed by atoms with van der Waals surface area (Å²) in [4.78, 5) is 9.38. The van der Waals surface area contributed by atoms with E-state index in [0.717, 1.165) is 41.4 Å². The van der Waals surface area contributed by atoms with Crippen LogP contribution in [0.25, 0.3) is 5.65 Å². The average Bonchev–Trinajstić information content (AvgIpc) is 3.35. The van der Waals surface area contributed by atoms with E-state index >= 15 is 0 Å². The first-order chi connectivity index (χ1) is 14.4.